The molecule has 0 aromatic heterocycles. The second kappa shape index (κ2) is 9.98. The van der Waals surface area contributed by atoms with Gasteiger partial charge in [0.05, 0.1) is 17.8 Å². The average molecular weight is 450 g/mol. The molecule has 176 valence electrons. The van der Waals surface area contributed by atoms with Crippen LogP contribution in [0.25, 0.3) is 0 Å². The summed E-state index contributed by atoms with van der Waals surface area (Å²) in [5, 5.41) is 7.05. The highest BCUT2D eigenvalue weighted by atomic mass is 19.4. The number of fused-ring (bicyclic) bond motifs is 3. The summed E-state index contributed by atoms with van der Waals surface area (Å²) in [7, 11) is 4.11. The number of nitrogens with one attached hydrogen (secondary N) is 2. The van der Waals surface area contributed by atoms with Crippen LogP contribution in [0.3, 0.4) is 0 Å². The topological polar surface area (TPSA) is 36.5 Å². The van der Waals surface area contributed by atoms with Crippen LogP contribution in [-0.2, 0) is 10.9 Å². The van der Waals surface area contributed by atoms with Gasteiger partial charge in [-0.2, -0.15) is 13.2 Å². The maximum Gasteiger partial charge on any atom is 0.416 e. The molecule has 4 nitrogen and oxygen atoms in total. The fourth-order valence-electron chi connectivity index (χ4n) is 5.19. The van der Waals surface area contributed by atoms with E-state index in [1.165, 1.54) is 12.1 Å². The molecule has 1 aliphatic carbocycles. The van der Waals surface area contributed by atoms with Crippen molar-refractivity contribution in [3.05, 3.63) is 53.6 Å². The second-order valence-corrected chi connectivity index (χ2v) is 9.46. The fraction of sp³-hybridized carbons (Fsp3) is 0.600. The van der Waals surface area contributed by atoms with Crippen molar-refractivity contribution in [2.24, 2.45) is 11.8 Å². The third kappa shape index (κ3) is 5.38. The Morgan fingerprint density at radius 1 is 1.19 bits per heavy atom. The molecule has 32 heavy (non-hydrogen) atoms. The number of hydrogen-bond acceptors (Lipinski definition) is 4. The van der Waals surface area contributed by atoms with E-state index in [1.807, 2.05) is 0 Å². The summed E-state index contributed by atoms with van der Waals surface area (Å²) in [6, 6.07) is 4.20. The van der Waals surface area contributed by atoms with E-state index < -0.39 is 11.7 Å². The first kappa shape index (κ1) is 23.3. The molecule has 4 rings (SSSR count). The lowest BCUT2D eigenvalue weighted by Crippen LogP contribution is -2.48. The molecule has 2 N–H and O–H groups in total. The predicted molar refractivity (Wildman–Crippen MR) is 122 cm³/mol. The zero-order valence-electron chi connectivity index (χ0n) is 18.9. The maximum absolute atomic E-state index is 13.4. The number of hydrogen-bond donors (Lipinski definition) is 2. The van der Waals surface area contributed by atoms with Gasteiger partial charge in [-0.15, -0.1) is 0 Å². The van der Waals surface area contributed by atoms with E-state index in [9.17, 15) is 13.2 Å². The van der Waals surface area contributed by atoms with Gasteiger partial charge >= 0.3 is 6.18 Å². The zero-order chi connectivity index (χ0) is 22.7. The Morgan fingerprint density at radius 3 is 2.75 bits per heavy atom. The van der Waals surface area contributed by atoms with Crippen molar-refractivity contribution < 1.29 is 17.9 Å². The van der Waals surface area contributed by atoms with Gasteiger partial charge < -0.3 is 20.3 Å². The van der Waals surface area contributed by atoms with E-state index in [4.69, 9.17) is 4.74 Å². The number of ether oxygens (including phenoxy) is 1. The molecule has 0 saturated carbocycles. The number of alkyl halides is 3. The summed E-state index contributed by atoms with van der Waals surface area (Å²) in [6.45, 7) is 2.66. The van der Waals surface area contributed by atoms with Crippen LogP contribution in [0.1, 0.15) is 42.9 Å². The monoisotopic (exact) mass is 449 g/mol. The van der Waals surface area contributed by atoms with Crippen LogP contribution in [0.2, 0.25) is 0 Å². The molecule has 1 unspecified atom stereocenters. The van der Waals surface area contributed by atoms with E-state index in [-0.39, 0.29) is 24.2 Å². The van der Waals surface area contributed by atoms with Gasteiger partial charge in [-0.3, -0.25) is 0 Å². The molecule has 1 saturated heterocycles. The first-order chi connectivity index (χ1) is 15.3. The third-order valence-corrected chi connectivity index (χ3v) is 6.82. The number of rotatable bonds is 7. The van der Waals surface area contributed by atoms with Gasteiger partial charge in [-0.1, -0.05) is 24.3 Å². The molecule has 3 aliphatic rings. The van der Waals surface area contributed by atoms with Crippen LogP contribution in [0.15, 0.2) is 42.5 Å². The van der Waals surface area contributed by atoms with Gasteiger partial charge in [-0.05, 0) is 71.1 Å². The highest BCUT2D eigenvalue weighted by molar-refractivity contribution is 5.58. The molecule has 2 heterocycles. The number of benzene rings is 1. The maximum atomic E-state index is 13.4. The lowest BCUT2D eigenvalue weighted by atomic mass is 9.73. The Labute approximate surface area is 188 Å². The summed E-state index contributed by atoms with van der Waals surface area (Å²) < 4.78 is 46.8. The van der Waals surface area contributed by atoms with Gasteiger partial charge in [0, 0.05) is 35.7 Å². The molecule has 0 radical (unpaired) electrons. The number of allylic oxidation sites excluding steroid dienone is 3. The van der Waals surface area contributed by atoms with E-state index in [1.54, 1.807) is 6.07 Å². The van der Waals surface area contributed by atoms with Gasteiger partial charge in [0.15, 0.2) is 0 Å². The van der Waals surface area contributed by atoms with Crippen LogP contribution in [0, 0.1) is 11.8 Å². The highest BCUT2D eigenvalue weighted by Gasteiger charge is 2.44. The summed E-state index contributed by atoms with van der Waals surface area (Å²) >= 11 is 0. The SMILES string of the molecule is CN(C)CCCNC[C@H]1CC[C@@H]2[C@H](O1)c1cc(C(F)(F)F)ccc1N[C@H]2C1C=CC=CC1. The summed E-state index contributed by atoms with van der Waals surface area (Å²) in [5.74, 6) is 0.462. The average Bonchev–Trinajstić information content (AvgIpc) is 2.77. The molecule has 0 spiro atoms. The number of halogens is 3. The van der Waals surface area contributed by atoms with Crippen molar-refractivity contribution in [3.63, 3.8) is 0 Å². The number of anilines is 1. The molecule has 0 amide bonds. The molecular formula is C25H34F3N3O. The van der Waals surface area contributed by atoms with Crippen LogP contribution >= 0.6 is 0 Å². The standard InChI is InChI=1S/C25H34F3N3O/c1-31(2)14-6-13-29-16-19-10-11-20-23(17-7-4-3-5-8-17)30-22-12-9-18(25(26,27)28)15-21(22)24(20)32-19/h3-5,7,9,12,15,17,19-20,23-24,29-30H,6,8,10-11,13-14,16H2,1-2H3/t17?,19-,20+,23+,24+/m1/s1. The molecule has 7 heteroatoms. The summed E-state index contributed by atoms with van der Waals surface area (Å²) in [6.07, 6.45) is 7.67. The van der Waals surface area contributed by atoms with Crippen molar-refractivity contribution in [2.75, 3.05) is 39.0 Å². The van der Waals surface area contributed by atoms with Crippen LogP contribution in [0.5, 0.6) is 0 Å². The normalized spacial score (nSPS) is 29.5. The third-order valence-electron chi connectivity index (χ3n) is 6.82. The van der Waals surface area contributed by atoms with Crippen molar-refractivity contribution >= 4 is 5.69 Å². The predicted octanol–water partition coefficient (Wildman–Crippen LogP) is 5.01. The van der Waals surface area contributed by atoms with E-state index in [2.05, 4.69) is 53.9 Å². The van der Waals surface area contributed by atoms with Crippen LogP contribution < -0.4 is 10.6 Å². The first-order valence-electron chi connectivity index (χ1n) is 11.6. The molecule has 2 aliphatic heterocycles. The Hall–Kier alpha value is -1.83. The van der Waals surface area contributed by atoms with Gasteiger partial charge in [0.2, 0.25) is 0 Å². The van der Waals surface area contributed by atoms with E-state index in [0.717, 1.165) is 51.0 Å². The lowest BCUT2D eigenvalue weighted by molar-refractivity contribution is -0.138. The summed E-state index contributed by atoms with van der Waals surface area (Å²) in [5.41, 5.74) is 0.809. The first-order valence-corrected chi connectivity index (χ1v) is 11.6. The van der Waals surface area contributed by atoms with E-state index >= 15 is 0 Å². The van der Waals surface area contributed by atoms with Crippen molar-refractivity contribution in [2.45, 2.75) is 50.1 Å². The quantitative estimate of drug-likeness (QED) is 0.574. The van der Waals surface area contributed by atoms with Crippen molar-refractivity contribution in [3.8, 4) is 0 Å². The van der Waals surface area contributed by atoms with Crippen LogP contribution in [0.4, 0.5) is 18.9 Å². The Kier molecular flexibility index (Phi) is 7.27. The highest BCUT2D eigenvalue weighted by Crippen LogP contribution is 2.49. The van der Waals surface area contributed by atoms with Crippen LogP contribution in [-0.4, -0.2) is 50.8 Å². The minimum Gasteiger partial charge on any atom is -0.381 e. The lowest BCUT2D eigenvalue weighted by Gasteiger charge is -2.47. The largest absolute Gasteiger partial charge is 0.416 e. The summed E-state index contributed by atoms with van der Waals surface area (Å²) in [4.78, 5) is 2.16. The molecule has 0 bridgehead atoms. The van der Waals surface area contributed by atoms with Gasteiger partial charge in [-0.25, -0.2) is 0 Å². The van der Waals surface area contributed by atoms with E-state index in [0.29, 0.717) is 11.5 Å². The Balaban J connectivity index is 1.52. The molecule has 1 aromatic carbocycles. The van der Waals surface area contributed by atoms with Gasteiger partial charge in [0.1, 0.15) is 0 Å². The molecule has 5 atom stereocenters. The van der Waals surface area contributed by atoms with Crippen molar-refractivity contribution in [1.82, 2.24) is 10.2 Å². The fourth-order valence-corrected chi connectivity index (χ4v) is 5.19. The number of nitrogens with zero attached hydrogens (tertiary/aromatic N) is 1. The second-order valence-electron chi connectivity index (χ2n) is 9.46. The van der Waals surface area contributed by atoms with Gasteiger partial charge in [0.25, 0.3) is 0 Å². The smallest absolute Gasteiger partial charge is 0.381 e. The Bertz CT molecular complexity index is 836. The zero-order valence-corrected chi connectivity index (χ0v) is 18.9. The minimum absolute atomic E-state index is 0.0125. The Morgan fingerprint density at radius 2 is 2.03 bits per heavy atom. The molecular weight excluding hydrogens is 415 g/mol. The van der Waals surface area contributed by atoms with Crippen molar-refractivity contribution in [1.29, 1.82) is 0 Å². The molecule has 1 fully saturated rings. The minimum atomic E-state index is -4.36. The molecule has 1 aromatic rings.